The average molecular weight is 607 g/mol. The van der Waals surface area contributed by atoms with Crippen molar-refractivity contribution in [1.29, 1.82) is 0 Å². The number of benzene rings is 2. The third-order valence-electron chi connectivity index (χ3n) is 7.99. The molecule has 6 rings (SSSR count). The summed E-state index contributed by atoms with van der Waals surface area (Å²) in [6.07, 6.45) is 7.16. The smallest absolute Gasteiger partial charge is 0.219 e. The van der Waals surface area contributed by atoms with E-state index in [4.69, 9.17) is 18.9 Å². The van der Waals surface area contributed by atoms with Crippen LogP contribution in [0.2, 0.25) is 0 Å². The average Bonchev–Trinajstić information content (AvgIpc) is 3.08. The van der Waals surface area contributed by atoms with Crippen LogP contribution in [-0.2, 0) is 11.2 Å². The summed E-state index contributed by atoms with van der Waals surface area (Å²) in [6, 6.07) is 16.8. The van der Waals surface area contributed by atoms with E-state index in [1.54, 1.807) is 55.7 Å². The van der Waals surface area contributed by atoms with Crippen LogP contribution in [0.25, 0.3) is 22.0 Å². The molecule has 1 aliphatic rings. The lowest BCUT2D eigenvalue weighted by Crippen LogP contribution is -2.28. The number of aromatic nitrogens is 4. The molecule has 0 aliphatic carbocycles. The maximum absolute atomic E-state index is 13.6. The number of methoxy groups -OCH3 is 2. The number of rotatable bonds is 10. The van der Waals surface area contributed by atoms with Crippen LogP contribution in [0.15, 0.2) is 78.0 Å². The Morgan fingerprint density at radius 3 is 2.42 bits per heavy atom. The van der Waals surface area contributed by atoms with Crippen LogP contribution in [0.3, 0.4) is 0 Å². The van der Waals surface area contributed by atoms with Gasteiger partial charge in [-0.15, -0.1) is 0 Å². The maximum atomic E-state index is 13.6. The second-order valence-electron chi connectivity index (χ2n) is 11.0. The quantitative estimate of drug-likeness (QED) is 0.173. The van der Waals surface area contributed by atoms with E-state index < -0.39 is 0 Å². The molecule has 45 heavy (non-hydrogen) atoms. The van der Waals surface area contributed by atoms with E-state index >= 15 is 0 Å². The molecule has 0 saturated carbocycles. The van der Waals surface area contributed by atoms with Crippen LogP contribution >= 0.6 is 0 Å². The van der Waals surface area contributed by atoms with Crippen molar-refractivity contribution in [1.82, 2.24) is 19.7 Å². The van der Waals surface area contributed by atoms with Crippen LogP contribution in [0.4, 0.5) is 0 Å². The van der Waals surface area contributed by atoms with Gasteiger partial charge in [0.15, 0.2) is 23.0 Å². The van der Waals surface area contributed by atoms with Gasteiger partial charge in [-0.1, -0.05) is 35.9 Å². The zero-order valence-electron chi connectivity index (χ0n) is 25.5. The SMILES string of the molecule is COc1cc2nccc(Oc3ccc(CCC(=O)c4nn(C5CCOCC5)cc(-c5ccc(C)cc5)c4=O)cn3)c2cc1OC. The van der Waals surface area contributed by atoms with Crippen molar-refractivity contribution in [2.24, 2.45) is 0 Å². The van der Waals surface area contributed by atoms with Gasteiger partial charge in [0.2, 0.25) is 11.3 Å². The van der Waals surface area contributed by atoms with E-state index in [0.717, 1.165) is 34.9 Å². The number of hydrogen-bond acceptors (Lipinski definition) is 9. The number of carbonyl (C=O) groups is 1. The summed E-state index contributed by atoms with van der Waals surface area (Å²) in [4.78, 5) is 35.9. The lowest BCUT2D eigenvalue weighted by atomic mass is 10.0. The number of ketones is 1. The summed E-state index contributed by atoms with van der Waals surface area (Å²) >= 11 is 0. The molecule has 0 bridgehead atoms. The monoisotopic (exact) mass is 606 g/mol. The van der Waals surface area contributed by atoms with Crippen molar-refractivity contribution in [3.05, 3.63) is 100 Å². The highest BCUT2D eigenvalue weighted by atomic mass is 16.5. The maximum Gasteiger partial charge on any atom is 0.219 e. The molecule has 230 valence electrons. The Morgan fingerprint density at radius 1 is 0.956 bits per heavy atom. The van der Waals surface area contributed by atoms with Crippen molar-refractivity contribution < 1.29 is 23.7 Å². The van der Waals surface area contributed by atoms with Crippen LogP contribution in [0.5, 0.6) is 23.1 Å². The Kier molecular flexibility index (Phi) is 8.84. The molecular weight excluding hydrogens is 572 g/mol. The number of Topliss-reactive ketones (excluding diaryl/α,β-unsaturated/α-hetero) is 1. The van der Waals surface area contributed by atoms with Gasteiger partial charge in [-0.25, -0.2) is 4.98 Å². The minimum atomic E-state index is -0.354. The van der Waals surface area contributed by atoms with Crippen molar-refractivity contribution >= 4 is 16.7 Å². The van der Waals surface area contributed by atoms with Crippen molar-refractivity contribution in [3.8, 4) is 34.3 Å². The van der Waals surface area contributed by atoms with Gasteiger partial charge in [-0.3, -0.25) is 19.3 Å². The molecule has 1 saturated heterocycles. The highest BCUT2D eigenvalue weighted by Crippen LogP contribution is 2.36. The molecule has 2 aromatic carbocycles. The molecule has 0 spiro atoms. The standard InChI is InChI=1S/C35H34N4O6/c1-22-4-8-24(9-5-22)27-21-39(25-13-16-44-17-14-25)38-34(35(27)41)29(40)10-6-23-7-11-33(37-20-23)45-30-12-15-36-28-19-32(43-3)31(42-2)18-26(28)30/h4-5,7-9,11-12,15,18-21,25H,6,10,13-14,16-17H2,1-3H3. The minimum Gasteiger partial charge on any atom is -0.493 e. The number of hydrogen-bond donors (Lipinski definition) is 0. The zero-order valence-corrected chi connectivity index (χ0v) is 25.5. The van der Waals surface area contributed by atoms with Gasteiger partial charge in [0.25, 0.3) is 0 Å². The van der Waals surface area contributed by atoms with Crippen molar-refractivity contribution in [2.75, 3.05) is 27.4 Å². The number of carbonyl (C=O) groups excluding carboxylic acids is 1. The Morgan fingerprint density at radius 2 is 1.71 bits per heavy atom. The number of ether oxygens (including phenoxy) is 4. The highest BCUT2D eigenvalue weighted by molar-refractivity contribution is 5.95. The predicted octanol–water partition coefficient (Wildman–Crippen LogP) is 6.14. The lowest BCUT2D eigenvalue weighted by molar-refractivity contribution is 0.0654. The summed E-state index contributed by atoms with van der Waals surface area (Å²) in [5.74, 6) is 1.79. The summed E-state index contributed by atoms with van der Waals surface area (Å²) in [5, 5.41) is 5.31. The summed E-state index contributed by atoms with van der Waals surface area (Å²) in [7, 11) is 3.15. The summed E-state index contributed by atoms with van der Waals surface area (Å²) in [6.45, 7) is 3.23. The van der Waals surface area contributed by atoms with E-state index in [2.05, 4.69) is 15.1 Å². The molecule has 1 fully saturated rings. The number of aryl methyl sites for hydroxylation is 2. The van der Waals surface area contributed by atoms with Gasteiger partial charge in [-0.2, -0.15) is 5.10 Å². The fraction of sp³-hybridized carbons (Fsp3) is 0.286. The van der Waals surface area contributed by atoms with Crippen molar-refractivity contribution in [2.45, 2.75) is 38.6 Å². The largest absolute Gasteiger partial charge is 0.493 e. The first kappa shape index (κ1) is 30.0. The molecule has 0 N–H and O–H groups in total. The molecule has 4 heterocycles. The van der Waals surface area contributed by atoms with Crippen LogP contribution in [0.1, 0.15) is 46.9 Å². The molecule has 0 unspecified atom stereocenters. The Bertz CT molecular complexity index is 1880. The topological polar surface area (TPSA) is 115 Å². The third kappa shape index (κ3) is 6.56. The predicted molar refractivity (Wildman–Crippen MR) is 170 cm³/mol. The first-order valence-corrected chi connectivity index (χ1v) is 14.9. The lowest BCUT2D eigenvalue weighted by Gasteiger charge is -2.24. The van der Waals surface area contributed by atoms with Gasteiger partial charge in [0.1, 0.15) is 5.75 Å². The minimum absolute atomic E-state index is 0.0379. The Balaban J connectivity index is 1.20. The molecule has 5 aromatic rings. The fourth-order valence-electron chi connectivity index (χ4n) is 5.41. The van der Waals surface area contributed by atoms with Crippen molar-refractivity contribution in [3.63, 3.8) is 0 Å². The van der Waals surface area contributed by atoms with Gasteiger partial charge < -0.3 is 18.9 Å². The van der Waals surface area contributed by atoms with Gasteiger partial charge in [0, 0.05) is 61.3 Å². The Hall–Kier alpha value is -5.09. The molecule has 10 nitrogen and oxygen atoms in total. The number of nitrogens with zero attached hydrogens (tertiary/aromatic N) is 4. The van der Waals surface area contributed by atoms with E-state index in [9.17, 15) is 9.59 Å². The molecule has 10 heteroatoms. The second-order valence-corrected chi connectivity index (χ2v) is 11.0. The van der Waals surface area contributed by atoms with E-state index in [1.807, 2.05) is 43.3 Å². The summed E-state index contributed by atoms with van der Waals surface area (Å²) in [5.41, 5.74) is 3.47. The Labute approximate surface area is 260 Å². The third-order valence-corrected chi connectivity index (χ3v) is 7.99. The molecule has 0 amide bonds. The molecule has 3 aromatic heterocycles. The number of pyridine rings is 2. The summed E-state index contributed by atoms with van der Waals surface area (Å²) < 4.78 is 24.2. The van der Waals surface area contributed by atoms with Crippen LogP contribution in [-0.4, -0.2) is 53.0 Å². The molecule has 0 radical (unpaired) electrons. The molecule has 1 aliphatic heterocycles. The normalized spacial score (nSPS) is 13.5. The first-order valence-electron chi connectivity index (χ1n) is 14.9. The molecular formula is C35H34N4O6. The second kappa shape index (κ2) is 13.3. The first-order chi connectivity index (χ1) is 21.9. The van der Waals surface area contributed by atoms with Gasteiger partial charge >= 0.3 is 0 Å². The van der Waals surface area contributed by atoms with Gasteiger partial charge in [-0.05, 0) is 49.4 Å². The van der Waals surface area contributed by atoms with E-state index in [1.165, 1.54) is 0 Å². The zero-order chi connectivity index (χ0) is 31.3. The number of fused-ring (bicyclic) bond motifs is 1. The highest BCUT2D eigenvalue weighted by Gasteiger charge is 2.23. The van der Waals surface area contributed by atoms with Crippen LogP contribution in [0, 0.1) is 6.92 Å². The van der Waals surface area contributed by atoms with E-state index in [-0.39, 0.29) is 29.4 Å². The molecule has 0 atom stereocenters. The van der Waals surface area contributed by atoms with Crippen LogP contribution < -0.4 is 19.6 Å². The van der Waals surface area contributed by atoms with E-state index in [0.29, 0.717) is 53.8 Å². The van der Waals surface area contributed by atoms with Gasteiger partial charge in [0.05, 0.1) is 25.8 Å². The fourth-order valence-corrected chi connectivity index (χ4v) is 5.41.